The minimum atomic E-state index is -4.38. The highest BCUT2D eigenvalue weighted by Crippen LogP contribution is 2.15. The van der Waals surface area contributed by atoms with Crippen LogP contribution in [-0.4, -0.2) is 29.9 Å². The Hall–Kier alpha value is -1.45. The molecule has 0 aliphatic carbocycles. The summed E-state index contributed by atoms with van der Waals surface area (Å²) in [4.78, 5) is 7.83. The molecular weight excluding hydrogens is 253 g/mol. The maximum absolute atomic E-state index is 11.9. The Labute approximate surface area is 101 Å². The number of aromatic nitrogens is 2. The van der Waals surface area contributed by atoms with Crippen LogP contribution in [0, 0.1) is 0 Å². The SMILES string of the molecule is COCc1cc(NN)nc(COCC(F)(F)F)n1. The molecule has 1 aromatic heterocycles. The highest BCUT2D eigenvalue weighted by Gasteiger charge is 2.27. The summed E-state index contributed by atoms with van der Waals surface area (Å²) in [6, 6.07) is 1.52. The molecule has 18 heavy (non-hydrogen) atoms. The lowest BCUT2D eigenvalue weighted by Crippen LogP contribution is -2.18. The topological polar surface area (TPSA) is 82.3 Å². The molecule has 0 saturated heterocycles. The summed E-state index contributed by atoms with van der Waals surface area (Å²) in [7, 11) is 1.47. The van der Waals surface area contributed by atoms with Gasteiger partial charge in [0.15, 0.2) is 5.82 Å². The molecular formula is C9H13F3N4O2. The summed E-state index contributed by atoms with van der Waals surface area (Å²) < 4.78 is 45.0. The van der Waals surface area contributed by atoms with E-state index >= 15 is 0 Å². The van der Waals surface area contributed by atoms with E-state index < -0.39 is 12.8 Å². The molecule has 0 bridgehead atoms. The van der Waals surface area contributed by atoms with Gasteiger partial charge < -0.3 is 14.9 Å². The normalized spacial score (nSPS) is 11.6. The number of nitrogen functional groups attached to an aromatic ring is 1. The van der Waals surface area contributed by atoms with Gasteiger partial charge in [-0.05, 0) is 0 Å². The second-order valence-corrected chi connectivity index (χ2v) is 3.35. The Morgan fingerprint density at radius 1 is 1.33 bits per heavy atom. The largest absolute Gasteiger partial charge is 0.411 e. The number of nitrogens with one attached hydrogen (secondary N) is 1. The van der Waals surface area contributed by atoms with Crippen LogP contribution in [0.1, 0.15) is 11.5 Å². The van der Waals surface area contributed by atoms with E-state index in [1.165, 1.54) is 13.2 Å². The van der Waals surface area contributed by atoms with E-state index in [9.17, 15) is 13.2 Å². The van der Waals surface area contributed by atoms with Crippen LogP contribution in [0.5, 0.6) is 0 Å². The smallest absolute Gasteiger partial charge is 0.378 e. The number of nitrogens with two attached hydrogens (primary N) is 1. The first kappa shape index (κ1) is 14.6. The third-order valence-corrected chi connectivity index (χ3v) is 1.76. The number of anilines is 1. The van der Waals surface area contributed by atoms with Gasteiger partial charge in [0.25, 0.3) is 0 Å². The molecule has 9 heteroatoms. The molecule has 0 unspecified atom stereocenters. The lowest BCUT2D eigenvalue weighted by atomic mass is 10.4. The van der Waals surface area contributed by atoms with Crippen LogP contribution < -0.4 is 11.3 Å². The molecule has 0 fully saturated rings. The number of hydrazine groups is 1. The van der Waals surface area contributed by atoms with Gasteiger partial charge >= 0.3 is 6.18 Å². The van der Waals surface area contributed by atoms with Gasteiger partial charge in [0.2, 0.25) is 0 Å². The average Bonchev–Trinajstić information content (AvgIpc) is 2.27. The van der Waals surface area contributed by atoms with Crippen molar-refractivity contribution in [2.45, 2.75) is 19.4 Å². The number of methoxy groups -OCH3 is 1. The summed E-state index contributed by atoms with van der Waals surface area (Å²) in [6.45, 7) is -1.51. The molecule has 1 aromatic rings. The molecule has 3 N–H and O–H groups in total. The molecule has 1 rings (SSSR count). The first-order valence-corrected chi connectivity index (χ1v) is 4.91. The van der Waals surface area contributed by atoms with Crippen LogP contribution in [0.2, 0.25) is 0 Å². The molecule has 0 amide bonds. The molecule has 0 aromatic carbocycles. The zero-order valence-electron chi connectivity index (χ0n) is 9.62. The fraction of sp³-hybridized carbons (Fsp3) is 0.556. The molecule has 0 spiro atoms. The first-order chi connectivity index (χ1) is 8.44. The lowest BCUT2D eigenvalue weighted by molar-refractivity contribution is -0.177. The summed E-state index contributed by atoms with van der Waals surface area (Å²) in [6.07, 6.45) is -4.38. The van der Waals surface area contributed by atoms with Crippen molar-refractivity contribution in [2.75, 3.05) is 19.1 Å². The summed E-state index contributed by atoms with van der Waals surface area (Å²) in [5.41, 5.74) is 2.78. The number of hydrogen-bond donors (Lipinski definition) is 2. The first-order valence-electron chi connectivity index (χ1n) is 4.91. The van der Waals surface area contributed by atoms with E-state index in [0.29, 0.717) is 5.69 Å². The molecule has 0 radical (unpaired) electrons. The van der Waals surface area contributed by atoms with Crippen molar-refractivity contribution < 1.29 is 22.6 Å². The van der Waals surface area contributed by atoms with Crippen LogP contribution in [0.15, 0.2) is 6.07 Å². The molecule has 1 heterocycles. The van der Waals surface area contributed by atoms with Gasteiger partial charge in [0, 0.05) is 13.2 Å². The van der Waals surface area contributed by atoms with Crippen LogP contribution >= 0.6 is 0 Å². The zero-order valence-corrected chi connectivity index (χ0v) is 9.62. The van der Waals surface area contributed by atoms with E-state index in [-0.39, 0.29) is 24.9 Å². The number of halogens is 3. The summed E-state index contributed by atoms with van der Waals surface area (Å²) in [5, 5.41) is 0. The van der Waals surface area contributed by atoms with E-state index in [1.807, 2.05) is 0 Å². The third-order valence-electron chi connectivity index (χ3n) is 1.76. The number of nitrogens with zero attached hydrogens (tertiary/aromatic N) is 2. The fourth-order valence-electron chi connectivity index (χ4n) is 1.17. The molecule has 102 valence electrons. The lowest BCUT2D eigenvalue weighted by Gasteiger charge is -2.09. The fourth-order valence-corrected chi connectivity index (χ4v) is 1.17. The number of ether oxygens (including phenoxy) is 2. The van der Waals surface area contributed by atoms with Gasteiger partial charge in [-0.25, -0.2) is 15.8 Å². The van der Waals surface area contributed by atoms with E-state index in [1.54, 1.807) is 0 Å². The Morgan fingerprint density at radius 2 is 2.06 bits per heavy atom. The quantitative estimate of drug-likeness (QED) is 0.590. The maximum Gasteiger partial charge on any atom is 0.411 e. The van der Waals surface area contributed by atoms with Crippen molar-refractivity contribution in [3.8, 4) is 0 Å². The Morgan fingerprint density at radius 3 is 2.61 bits per heavy atom. The highest BCUT2D eigenvalue weighted by atomic mass is 19.4. The molecule has 0 atom stereocenters. The van der Waals surface area contributed by atoms with Crippen molar-refractivity contribution in [1.29, 1.82) is 0 Å². The van der Waals surface area contributed by atoms with Gasteiger partial charge in [-0.3, -0.25) is 0 Å². The second kappa shape index (κ2) is 6.47. The van der Waals surface area contributed by atoms with Crippen molar-refractivity contribution in [1.82, 2.24) is 9.97 Å². The van der Waals surface area contributed by atoms with Crippen LogP contribution in [0.3, 0.4) is 0 Å². The van der Waals surface area contributed by atoms with Gasteiger partial charge in [0.05, 0.1) is 12.3 Å². The number of rotatable bonds is 6. The van der Waals surface area contributed by atoms with Crippen LogP contribution in [0.4, 0.5) is 19.0 Å². The van der Waals surface area contributed by atoms with Gasteiger partial charge in [-0.2, -0.15) is 13.2 Å². The van der Waals surface area contributed by atoms with Crippen molar-refractivity contribution in [3.63, 3.8) is 0 Å². The van der Waals surface area contributed by atoms with Crippen LogP contribution in [-0.2, 0) is 22.7 Å². The van der Waals surface area contributed by atoms with E-state index in [2.05, 4.69) is 20.1 Å². The zero-order chi connectivity index (χ0) is 13.6. The standard InChI is InChI=1S/C9H13F3N4O2/c1-17-3-6-2-7(16-13)15-8(14-6)4-18-5-9(10,11)12/h2H,3-5,13H2,1H3,(H,14,15,16). The summed E-state index contributed by atoms with van der Waals surface area (Å²) >= 11 is 0. The van der Waals surface area contributed by atoms with Crippen LogP contribution in [0.25, 0.3) is 0 Å². The van der Waals surface area contributed by atoms with Crippen molar-refractivity contribution >= 4 is 5.82 Å². The van der Waals surface area contributed by atoms with Crippen molar-refractivity contribution in [3.05, 3.63) is 17.6 Å². The minimum absolute atomic E-state index is 0.0988. The van der Waals surface area contributed by atoms with E-state index in [4.69, 9.17) is 10.6 Å². The highest BCUT2D eigenvalue weighted by molar-refractivity contribution is 5.34. The molecule has 0 saturated carbocycles. The maximum atomic E-state index is 11.9. The average molecular weight is 266 g/mol. The van der Waals surface area contributed by atoms with Gasteiger partial charge in [0.1, 0.15) is 19.0 Å². The Kier molecular flexibility index (Phi) is 5.25. The predicted molar refractivity (Wildman–Crippen MR) is 56.3 cm³/mol. The Balaban J connectivity index is 2.66. The third kappa shape index (κ3) is 5.25. The van der Waals surface area contributed by atoms with Crippen molar-refractivity contribution in [2.24, 2.45) is 5.84 Å². The number of hydrogen-bond acceptors (Lipinski definition) is 6. The Bertz CT molecular complexity index is 387. The number of alkyl halides is 3. The van der Waals surface area contributed by atoms with Gasteiger partial charge in [-0.1, -0.05) is 0 Å². The molecule has 0 aliphatic heterocycles. The molecule has 6 nitrogen and oxygen atoms in total. The van der Waals surface area contributed by atoms with E-state index in [0.717, 1.165) is 0 Å². The second-order valence-electron chi connectivity index (χ2n) is 3.35. The van der Waals surface area contributed by atoms with Gasteiger partial charge in [-0.15, -0.1) is 0 Å². The summed E-state index contributed by atoms with van der Waals surface area (Å²) in [5.74, 6) is 5.56. The molecule has 0 aliphatic rings. The monoisotopic (exact) mass is 266 g/mol. The minimum Gasteiger partial charge on any atom is -0.378 e. The predicted octanol–water partition coefficient (Wildman–Crippen LogP) is 0.987.